The van der Waals surface area contributed by atoms with Crippen LogP contribution >= 0.6 is 33.9 Å². The Labute approximate surface area is 485 Å². The first-order valence-electron chi connectivity index (χ1n) is 26.4. The molecule has 2 N–H and O–H groups in total. The summed E-state index contributed by atoms with van der Waals surface area (Å²) in [5, 5.41) is 12.3. The van der Waals surface area contributed by atoms with Gasteiger partial charge in [-0.1, -0.05) is 240 Å². The molecule has 16 heteroatoms. The van der Waals surface area contributed by atoms with Gasteiger partial charge in [-0.15, -0.1) is 11.3 Å². The van der Waals surface area contributed by atoms with Gasteiger partial charge in [-0.25, -0.2) is 9.78 Å². The molecule has 1 aliphatic carbocycles. The average molecular weight is 1210 g/mol. The van der Waals surface area contributed by atoms with Gasteiger partial charge < -0.3 is 29.5 Å². The van der Waals surface area contributed by atoms with Gasteiger partial charge in [-0.3, -0.25) is 19.3 Å². The van der Waals surface area contributed by atoms with Gasteiger partial charge in [0.05, 0.1) is 0 Å². The largest absolute Gasteiger partial charge is 0.615 e. The number of hydrogen-bond acceptors (Lipinski definition) is 12. The maximum atomic E-state index is 15.1. The van der Waals surface area contributed by atoms with E-state index in [4.69, 9.17) is 19.3 Å². The van der Waals surface area contributed by atoms with E-state index in [1.165, 1.54) is 16.2 Å². The maximum Gasteiger partial charge on any atom is 0.354 e. The first-order chi connectivity index (χ1) is 39.1. The van der Waals surface area contributed by atoms with Crippen molar-refractivity contribution in [3.05, 3.63) is 262 Å². The summed E-state index contributed by atoms with van der Waals surface area (Å²) in [7, 11) is 0. The number of carbonyl (C=O) groups is 4. The van der Waals surface area contributed by atoms with Gasteiger partial charge in [-0.05, 0) is 63.0 Å². The molecule has 0 spiro atoms. The SMILES string of the molecule is O=C(NC1C(=O)N2CC(CI)(C(=O)OC(c3ccccc3)c3ccccc3)C[S+]([O-])[C@H]12)C(=NOC1(C(=O)OC(c2ccccc2)c2ccccc2)CCCC1)c1csc(NC(c2ccccc2)(c2ccccc2)c2ccccc2)n1. The van der Waals surface area contributed by atoms with Crippen LogP contribution < -0.4 is 10.6 Å². The predicted molar refractivity (Wildman–Crippen MR) is 317 cm³/mol. The van der Waals surface area contributed by atoms with Gasteiger partial charge in [0.1, 0.15) is 22.4 Å². The number of halogens is 1. The summed E-state index contributed by atoms with van der Waals surface area (Å²) in [6, 6.07) is 66.5. The molecule has 3 heterocycles. The monoisotopic (exact) mass is 1210 g/mol. The number of benzene rings is 7. The molecule has 2 aliphatic heterocycles. The van der Waals surface area contributed by atoms with Crippen LogP contribution in [0.15, 0.2) is 223 Å². The van der Waals surface area contributed by atoms with Crippen molar-refractivity contribution in [1.82, 2.24) is 15.2 Å². The molecule has 13 nitrogen and oxygen atoms in total. The van der Waals surface area contributed by atoms with Crippen LogP contribution in [0.5, 0.6) is 0 Å². The highest BCUT2D eigenvalue weighted by molar-refractivity contribution is 14.1. The zero-order valence-corrected chi connectivity index (χ0v) is 47.1. The number of aromatic nitrogens is 1. The van der Waals surface area contributed by atoms with Crippen LogP contribution in [0.4, 0.5) is 5.13 Å². The molecule has 404 valence electrons. The number of alkyl halides is 1. The van der Waals surface area contributed by atoms with E-state index in [0.717, 1.165) is 38.9 Å². The minimum absolute atomic E-state index is 0.0680. The second-order valence-corrected chi connectivity index (χ2v) is 23.4. The van der Waals surface area contributed by atoms with Gasteiger partial charge in [0, 0.05) is 29.2 Å². The number of hydrogen-bond donors (Lipinski definition) is 2. The fourth-order valence-electron chi connectivity index (χ4n) is 10.9. The number of ether oxygens (including phenoxy) is 2. The van der Waals surface area contributed by atoms with Crippen molar-refractivity contribution >= 4 is 79.7 Å². The molecule has 7 aromatic carbocycles. The van der Waals surface area contributed by atoms with E-state index < -0.39 is 75.1 Å². The number of rotatable bonds is 19. The normalized spacial score (nSPS) is 19.6. The number of thiazole rings is 1. The van der Waals surface area contributed by atoms with Crippen molar-refractivity contribution in [2.24, 2.45) is 10.6 Å². The average Bonchev–Trinajstić information content (AvgIpc) is 4.24. The number of anilines is 1. The summed E-state index contributed by atoms with van der Waals surface area (Å²) in [6.45, 7) is -0.0680. The van der Waals surface area contributed by atoms with Crippen molar-refractivity contribution in [3.8, 4) is 0 Å². The van der Waals surface area contributed by atoms with Crippen molar-refractivity contribution in [2.45, 2.75) is 60.4 Å². The third kappa shape index (κ3) is 10.9. The van der Waals surface area contributed by atoms with Crippen LogP contribution in [0.25, 0.3) is 0 Å². The molecule has 2 saturated heterocycles. The van der Waals surface area contributed by atoms with Crippen LogP contribution in [0, 0.1) is 5.41 Å². The molecule has 3 fully saturated rings. The molecule has 3 aliphatic rings. The van der Waals surface area contributed by atoms with Crippen LogP contribution in [-0.4, -0.2) is 77.6 Å². The highest BCUT2D eigenvalue weighted by atomic mass is 127. The Morgan fingerprint density at radius 3 is 1.54 bits per heavy atom. The molecular weight excluding hydrogens is 1160 g/mol. The number of carbonyl (C=O) groups excluding carboxylic acids is 4. The predicted octanol–water partition coefficient (Wildman–Crippen LogP) is 11.1. The number of amides is 2. The lowest BCUT2D eigenvalue weighted by atomic mass is 9.77. The van der Waals surface area contributed by atoms with E-state index in [-0.39, 0.29) is 41.0 Å². The van der Waals surface area contributed by atoms with E-state index in [0.29, 0.717) is 18.0 Å². The molecule has 3 unspecified atom stereocenters. The molecule has 4 atom stereocenters. The van der Waals surface area contributed by atoms with Crippen molar-refractivity contribution in [2.75, 3.05) is 22.0 Å². The van der Waals surface area contributed by atoms with Crippen molar-refractivity contribution < 1.29 is 38.0 Å². The first-order valence-corrected chi connectivity index (χ1v) is 30.2. The van der Waals surface area contributed by atoms with Gasteiger partial charge in [-0.2, -0.15) is 0 Å². The van der Waals surface area contributed by atoms with E-state index >= 15 is 4.79 Å². The second-order valence-electron chi connectivity index (χ2n) is 20.2. The number of fused-ring (bicyclic) bond motifs is 1. The van der Waals surface area contributed by atoms with Crippen LogP contribution in [0.1, 0.15) is 82.5 Å². The lowest BCUT2D eigenvalue weighted by Crippen LogP contribution is -2.78. The molecule has 11 rings (SSSR count). The summed E-state index contributed by atoms with van der Waals surface area (Å²) >= 11 is 1.50. The molecule has 1 saturated carbocycles. The Balaban J connectivity index is 0.911. The first kappa shape index (κ1) is 54.3. The Morgan fingerprint density at radius 2 is 1.10 bits per heavy atom. The number of esters is 2. The molecule has 0 radical (unpaired) electrons. The summed E-state index contributed by atoms with van der Waals surface area (Å²) < 4.78 is 27.5. The highest BCUT2D eigenvalue weighted by Crippen LogP contribution is 2.44. The third-order valence-corrected chi connectivity index (χ3v) is 19.2. The highest BCUT2D eigenvalue weighted by Gasteiger charge is 2.65. The van der Waals surface area contributed by atoms with E-state index in [9.17, 15) is 18.9 Å². The minimum atomic E-state index is -1.84. The van der Waals surface area contributed by atoms with E-state index in [1.54, 1.807) is 5.38 Å². The van der Waals surface area contributed by atoms with E-state index in [2.05, 4.69) is 38.4 Å². The lowest BCUT2D eigenvalue weighted by Gasteiger charge is -2.53. The molecule has 1 aromatic heterocycles. The molecule has 8 aromatic rings. The van der Waals surface area contributed by atoms with E-state index in [1.807, 2.05) is 212 Å². The zero-order valence-electron chi connectivity index (χ0n) is 43.3. The third-order valence-electron chi connectivity index (χ3n) is 15.1. The number of β-lactam (4-membered cyclic amide) rings is 1. The summed E-state index contributed by atoms with van der Waals surface area (Å²) in [6.07, 6.45) is 0.257. The quantitative estimate of drug-likeness (QED) is 0.0116. The summed E-state index contributed by atoms with van der Waals surface area (Å²) in [5.74, 6) is -2.70. The van der Waals surface area contributed by atoms with Gasteiger partial charge >= 0.3 is 11.9 Å². The summed E-state index contributed by atoms with van der Waals surface area (Å²) in [4.78, 5) is 71.6. The Morgan fingerprint density at radius 1 is 0.675 bits per heavy atom. The number of oxime groups is 1. The standard InChI is InChI=1S/C64H56IN5O8S2/c65-41-62(59(73)76-54(44-24-8-1-9-25-44)45-26-10-2-11-27-45)42-70-57(72)53(58(70)80(75)43-62)67-56(71)52(69-78-63(38-22-23-39-63)60(74)77-55(46-28-12-3-13-29-46)47-30-14-4-15-31-47)51-40-79-61(66-51)68-64(48-32-16-5-17-33-48,49-34-18-6-19-35-49)50-36-20-7-21-37-50/h1-21,24-37,40,53-55,58H,22-23,38-39,41-43H2,(H,66,68)(H,67,71)/t53?,58-,62?,80?/m1/s1. The Bertz CT molecular complexity index is 3280. The van der Waals surface area contributed by atoms with Crippen molar-refractivity contribution in [3.63, 3.8) is 0 Å². The molecule has 2 amide bonds. The maximum absolute atomic E-state index is 15.1. The Kier molecular flexibility index (Phi) is 16.3. The fraction of sp³-hybridized carbons (Fsp3) is 0.219. The van der Waals surface area contributed by atoms with Crippen LogP contribution in [-0.2, 0) is 50.2 Å². The van der Waals surface area contributed by atoms with Gasteiger partial charge in [0.2, 0.25) is 11.0 Å². The minimum Gasteiger partial charge on any atom is -0.615 e. The van der Waals surface area contributed by atoms with Gasteiger partial charge in [0.15, 0.2) is 29.1 Å². The zero-order chi connectivity index (χ0) is 55.1. The molecule has 0 bridgehead atoms. The van der Waals surface area contributed by atoms with Crippen LogP contribution in [0.2, 0.25) is 0 Å². The van der Waals surface area contributed by atoms with Gasteiger partial charge in [0.25, 0.3) is 11.8 Å². The van der Waals surface area contributed by atoms with Crippen molar-refractivity contribution in [1.29, 1.82) is 0 Å². The smallest absolute Gasteiger partial charge is 0.354 e. The Hall–Kier alpha value is -7.64. The van der Waals surface area contributed by atoms with Crippen LogP contribution in [0.3, 0.4) is 0 Å². The topological polar surface area (TPSA) is 172 Å². The molecule has 80 heavy (non-hydrogen) atoms. The fourth-order valence-corrected chi connectivity index (χ4v) is 14.8. The summed E-state index contributed by atoms with van der Waals surface area (Å²) in [5.41, 5.74) is 1.75. The number of nitrogens with one attached hydrogen (secondary N) is 2. The molecular formula is C64H56IN5O8S2. The second kappa shape index (κ2) is 24.0. The number of nitrogens with zero attached hydrogens (tertiary/aromatic N) is 3. The lowest BCUT2D eigenvalue weighted by molar-refractivity contribution is -0.176.